The number of rotatable bonds is 4. The summed E-state index contributed by atoms with van der Waals surface area (Å²) in [6.45, 7) is 3.10. The van der Waals surface area contributed by atoms with Gasteiger partial charge in [0.25, 0.3) is 0 Å². The Balaban J connectivity index is 2.85. The molecule has 4 nitrogen and oxygen atoms in total. The summed E-state index contributed by atoms with van der Waals surface area (Å²) >= 11 is 0. The van der Waals surface area contributed by atoms with Crippen molar-refractivity contribution < 1.29 is 32.6 Å². The first kappa shape index (κ1) is 15.5. The Morgan fingerprint density at radius 3 is 2.26 bits per heavy atom. The van der Waals surface area contributed by atoms with Crippen molar-refractivity contribution >= 4 is 11.9 Å². The molecule has 0 aromatic carbocycles. The van der Waals surface area contributed by atoms with Gasteiger partial charge in [-0.15, -0.1) is 0 Å². The zero-order valence-electron chi connectivity index (χ0n) is 10.5. The molecule has 0 radical (unpaired) electrons. The molecule has 2 unspecified atom stereocenters. The van der Waals surface area contributed by atoms with Crippen molar-refractivity contribution in [2.45, 2.75) is 38.5 Å². The number of hydrogen-bond donors (Lipinski definition) is 1. The van der Waals surface area contributed by atoms with E-state index in [1.807, 2.05) is 0 Å². The maximum atomic E-state index is 12.8. The van der Waals surface area contributed by atoms with E-state index in [0.717, 1.165) is 0 Å². The van der Waals surface area contributed by atoms with Crippen LogP contribution in [0.3, 0.4) is 0 Å². The lowest BCUT2D eigenvalue weighted by Crippen LogP contribution is -2.59. The number of ether oxygens (including phenoxy) is 1. The molecule has 1 aliphatic rings. The molecule has 0 aliphatic heterocycles. The fourth-order valence-corrected chi connectivity index (χ4v) is 2.31. The summed E-state index contributed by atoms with van der Waals surface area (Å²) in [5.74, 6) is -4.63. The summed E-state index contributed by atoms with van der Waals surface area (Å²) in [6, 6.07) is 0. The molecule has 0 bridgehead atoms. The third-order valence-electron chi connectivity index (χ3n) is 3.44. The van der Waals surface area contributed by atoms with Crippen molar-refractivity contribution in [2.24, 2.45) is 11.8 Å². The van der Waals surface area contributed by atoms with Gasteiger partial charge in [0.05, 0.1) is 5.92 Å². The van der Waals surface area contributed by atoms with Gasteiger partial charge in [0.15, 0.2) is 0 Å². The molecule has 2 atom stereocenters. The first-order valence-electron chi connectivity index (χ1n) is 5.80. The van der Waals surface area contributed by atoms with E-state index < -0.39 is 35.6 Å². The van der Waals surface area contributed by atoms with Crippen LogP contribution in [0, 0.1) is 11.8 Å². The number of alkyl halides is 3. The summed E-state index contributed by atoms with van der Waals surface area (Å²) < 4.78 is 43.4. The zero-order valence-corrected chi connectivity index (χ0v) is 10.5. The molecule has 1 rings (SSSR count). The van der Waals surface area contributed by atoms with E-state index in [2.05, 4.69) is 0 Å². The lowest BCUT2D eigenvalue weighted by Gasteiger charge is -2.51. The van der Waals surface area contributed by atoms with Crippen LogP contribution in [-0.4, -0.2) is 28.8 Å². The fourth-order valence-electron chi connectivity index (χ4n) is 2.31. The van der Waals surface area contributed by atoms with E-state index in [1.165, 1.54) is 0 Å². The summed E-state index contributed by atoms with van der Waals surface area (Å²) in [6.07, 6.45) is -3.23. The molecule has 0 spiro atoms. The highest BCUT2D eigenvalue weighted by atomic mass is 19.4. The smallest absolute Gasteiger partial charge is 0.395 e. The highest BCUT2D eigenvalue weighted by Crippen LogP contribution is 2.54. The van der Waals surface area contributed by atoms with E-state index in [0.29, 0.717) is 12.2 Å². The van der Waals surface area contributed by atoms with E-state index in [4.69, 9.17) is 9.84 Å². The third kappa shape index (κ3) is 3.27. The molecule has 0 saturated heterocycles. The van der Waals surface area contributed by atoms with E-state index >= 15 is 0 Å². The minimum Gasteiger partial charge on any atom is -0.478 e. The second-order valence-electron chi connectivity index (χ2n) is 4.84. The molecule has 1 aliphatic carbocycles. The van der Waals surface area contributed by atoms with Crippen LogP contribution in [-0.2, 0) is 14.3 Å². The number of carboxylic acids is 1. The van der Waals surface area contributed by atoms with Crippen molar-refractivity contribution in [1.29, 1.82) is 0 Å². The molecular weight excluding hydrogens is 265 g/mol. The SMILES string of the molecule is CC(C)C1(OC(=O)/C=C\C(=O)O)CCC1C(F)(F)F. The number of halogens is 3. The minimum absolute atomic E-state index is 0.0857. The molecule has 1 saturated carbocycles. The third-order valence-corrected chi connectivity index (χ3v) is 3.44. The number of carbonyl (C=O) groups excluding carboxylic acids is 1. The standard InChI is InChI=1S/C12H15F3O4/c1-7(2)11(6-5-8(11)12(13,14)15)19-10(18)4-3-9(16)17/h3-4,7-8H,5-6H2,1-2H3,(H,16,17)/b4-3-. The maximum Gasteiger partial charge on any atom is 0.395 e. The number of aliphatic carboxylic acids is 1. The van der Waals surface area contributed by atoms with Crippen molar-refractivity contribution in [3.05, 3.63) is 12.2 Å². The Labute approximate surface area is 108 Å². The Kier molecular flexibility index (Phi) is 4.27. The number of carbonyl (C=O) groups is 2. The molecule has 1 N–H and O–H groups in total. The average Bonchev–Trinajstić information content (AvgIpc) is 2.18. The van der Waals surface area contributed by atoms with Crippen LogP contribution >= 0.6 is 0 Å². The van der Waals surface area contributed by atoms with Gasteiger partial charge in [0.1, 0.15) is 5.60 Å². The Morgan fingerprint density at radius 2 is 1.95 bits per heavy atom. The van der Waals surface area contributed by atoms with Crippen LogP contribution in [0.25, 0.3) is 0 Å². The Hall–Kier alpha value is -1.53. The van der Waals surface area contributed by atoms with Crippen molar-refractivity contribution in [2.75, 3.05) is 0 Å². The van der Waals surface area contributed by atoms with Gasteiger partial charge in [-0.3, -0.25) is 0 Å². The minimum atomic E-state index is -4.43. The van der Waals surface area contributed by atoms with Crippen molar-refractivity contribution in [3.63, 3.8) is 0 Å². The molecule has 1 fully saturated rings. The van der Waals surface area contributed by atoms with Crippen molar-refractivity contribution in [1.82, 2.24) is 0 Å². The Bertz CT molecular complexity index is 400. The fraction of sp³-hybridized carbons (Fsp3) is 0.667. The first-order chi connectivity index (χ1) is 8.59. The van der Waals surface area contributed by atoms with Gasteiger partial charge >= 0.3 is 18.1 Å². The largest absolute Gasteiger partial charge is 0.478 e. The van der Waals surface area contributed by atoms with Crippen LogP contribution < -0.4 is 0 Å². The molecule has 19 heavy (non-hydrogen) atoms. The summed E-state index contributed by atoms with van der Waals surface area (Å²) in [7, 11) is 0. The van der Waals surface area contributed by atoms with Crippen molar-refractivity contribution in [3.8, 4) is 0 Å². The van der Waals surface area contributed by atoms with Crippen LogP contribution in [0.5, 0.6) is 0 Å². The molecule has 0 amide bonds. The van der Waals surface area contributed by atoms with Gasteiger partial charge < -0.3 is 9.84 Å². The van der Waals surface area contributed by atoms with Gasteiger partial charge in [0, 0.05) is 12.2 Å². The van der Waals surface area contributed by atoms with Gasteiger partial charge in [-0.25, -0.2) is 9.59 Å². The van der Waals surface area contributed by atoms with E-state index in [-0.39, 0.29) is 12.8 Å². The van der Waals surface area contributed by atoms with E-state index in [9.17, 15) is 22.8 Å². The number of carboxylic acid groups (broad SMARTS) is 1. The second kappa shape index (κ2) is 5.22. The van der Waals surface area contributed by atoms with Crippen LogP contribution in [0.1, 0.15) is 26.7 Å². The van der Waals surface area contributed by atoms with Gasteiger partial charge in [-0.05, 0) is 18.8 Å². The molecule has 0 aromatic heterocycles. The lowest BCUT2D eigenvalue weighted by atomic mass is 9.63. The quantitative estimate of drug-likeness (QED) is 0.635. The molecule has 0 heterocycles. The highest BCUT2D eigenvalue weighted by molar-refractivity contribution is 5.91. The second-order valence-corrected chi connectivity index (χ2v) is 4.84. The van der Waals surface area contributed by atoms with Crippen LogP contribution in [0.15, 0.2) is 12.2 Å². The topological polar surface area (TPSA) is 63.6 Å². The molecule has 7 heteroatoms. The number of esters is 1. The van der Waals surface area contributed by atoms with Crippen LogP contribution in [0.2, 0.25) is 0 Å². The summed E-state index contributed by atoms with van der Waals surface area (Å²) in [5.41, 5.74) is -1.59. The molecule has 108 valence electrons. The van der Waals surface area contributed by atoms with E-state index in [1.54, 1.807) is 13.8 Å². The summed E-state index contributed by atoms with van der Waals surface area (Å²) in [4.78, 5) is 21.6. The zero-order chi connectivity index (χ0) is 14.8. The Morgan fingerprint density at radius 1 is 1.37 bits per heavy atom. The lowest BCUT2D eigenvalue weighted by molar-refractivity contribution is -0.281. The molecular formula is C12H15F3O4. The predicted octanol–water partition coefficient (Wildman–Crippen LogP) is 2.54. The van der Waals surface area contributed by atoms with Crippen LogP contribution in [0.4, 0.5) is 13.2 Å². The monoisotopic (exact) mass is 280 g/mol. The van der Waals surface area contributed by atoms with Gasteiger partial charge in [0.2, 0.25) is 0 Å². The predicted molar refractivity (Wildman–Crippen MR) is 59.2 cm³/mol. The molecule has 0 aromatic rings. The average molecular weight is 280 g/mol. The normalized spacial score (nSPS) is 27.4. The maximum absolute atomic E-state index is 12.8. The number of hydrogen-bond acceptors (Lipinski definition) is 3. The van der Waals surface area contributed by atoms with Gasteiger partial charge in [-0.1, -0.05) is 13.8 Å². The van der Waals surface area contributed by atoms with Gasteiger partial charge in [-0.2, -0.15) is 13.2 Å². The summed E-state index contributed by atoms with van der Waals surface area (Å²) in [5, 5.41) is 8.35. The first-order valence-corrected chi connectivity index (χ1v) is 5.80. The highest BCUT2D eigenvalue weighted by Gasteiger charge is 2.63.